The molecule has 1 aromatic heterocycles. The van der Waals surface area contributed by atoms with Gasteiger partial charge in [0.1, 0.15) is 11.6 Å². The van der Waals surface area contributed by atoms with Crippen molar-refractivity contribution in [2.24, 2.45) is 4.99 Å². The first-order valence-electron chi connectivity index (χ1n) is 10.5. The molecule has 158 valence electrons. The Morgan fingerprint density at radius 1 is 1.14 bits per heavy atom. The van der Waals surface area contributed by atoms with Gasteiger partial charge >= 0.3 is 0 Å². The molecule has 0 aliphatic carbocycles. The summed E-state index contributed by atoms with van der Waals surface area (Å²) in [6.45, 7) is 5.08. The number of aliphatic imine (C=N–C) groups is 1. The molecule has 3 rings (SSSR count). The summed E-state index contributed by atoms with van der Waals surface area (Å²) in [5.74, 6) is 3.04. The van der Waals surface area contributed by atoms with Crippen LogP contribution < -0.4 is 15.4 Å². The number of hydrogen-bond acceptors (Lipinski definition) is 5. The summed E-state index contributed by atoms with van der Waals surface area (Å²) in [6.07, 6.45) is 6.56. The van der Waals surface area contributed by atoms with Gasteiger partial charge in [0.2, 0.25) is 0 Å². The predicted molar refractivity (Wildman–Crippen MR) is 116 cm³/mol. The van der Waals surface area contributed by atoms with Gasteiger partial charge in [-0.05, 0) is 63.2 Å². The van der Waals surface area contributed by atoms with Crippen LogP contribution >= 0.6 is 0 Å². The maximum atomic E-state index is 5.19. The molecule has 2 aromatic rings. The molecule has 29 heavy (non-hydrogen) atoms. The van der Waals surface area contributed by atoms with E-state index in [2.05, 4.69) is 35.7 Å². The van der Waals surface area contributed by atoms with E-state index in [-0.39, 0.29) is 0 Å². The van der Waals surface area contributed by atoms with Crippen LogP contribution in [0.2, 0.25) is 0 Å². The molecule has 1 saturated heterocycles. The molecule has 0 spiro atoms. The number of benzene rings is 1. The van der Waals surface area contributed by atoms with Crippen LogP contribution in [0, 0.1) is 0 Å². The lowest BCUT2D eigenvalue weighted by Crippen LogP contribution is -2.38. The van der Waals surface area contributed by atoms with Gasteiger partial charge in [-0.15, -0.1) is 0 Å². The largest absolute Gasteiger partial charge is 0.497 e. The number of aromatic nitrogens is 3. The minimum absolute atomic E-state index is 0.537. The highest BCUT2D eigenvalue weighted by atomic mass is 16.5. The molecule has 1 fully saturated rings. The van der Waals surface area contributed by atoms with E-state index in [0.29, 0.717) is 12.4 Å². The van der Waals surface area contributed by atoms with Crippen molar-refractivity contribution in [3.63, 3.8) is 0 Å². The normalized spacial score (nSPS) is 15.7. The number of H-pyrrole nitrogens is 1. The Balaban J connectivity index is 1.39. The highest BCUT2D eigenvalue weighted by Crippen LogP contribution is 2.18. The van der Waals surface area contributed by atoms with Crippen molar-refractivity contribution in [2.75, 3.05) is 40.3 Å². The van der Waals surface area contributed by atoms with Crippen molar-refractivity contribution in [2.45, 2.75) is 38.6 Å². The third-order valence-corrected chi connectivity index (χ3v) is 5.17. The van der Waals surface area contributed by atoms with E-state index in [0.717, 1.165) is 42.6 Å². The Bertz CT molecular complexity index is 749. The summed E-state index contributed by atoms with van der Waals surface area (Å²) in [6, 6.07) is 7.70. The molecule has 0 amide bonds. The Kier molecular flexibility index (Phi) is 8.30. The minimum atomic E-state index is 0.537. The zero-order valence-corrected chi connectivity index (χ0v) is 17.6. The van der Waals surface area contributed by atoms with Crippen LogP contribution in [-0.4, -0.2) is 66.4 Å². The third-order valence-electron chi connectivity index (χ3n) is 5.17. The predicted octanol–water partition coefficient (Wildman–Crippen LogP) is 2.41. The van der Waals surface area contributed by atoms with Gasteiger partial charge in [-0.25, -0.2) is 4.98 Å². The molecule has 0 atom stereocenters. The molecule has 0 unspecified atom stereocenters. The first-order chi connectivity index (χ1) is 14.3. The number of ether oxygens (including phenoxy) is 1. The van der Waals surface area contributed by atoms with Crippen molar-refractivity contribution in [1.29, 1.82) is 0 Å². The van der Waals surface area contributed by atoms with E-state index in [1.807, 2.05) is 24.3 Å². The number of nitrogens with zero attached hydrogens (tertiary/aromatic N) is 4. The Morgan fingerprint density at radius 2 is 1.90 bits per heavy atom. The lowest BCUT2D eigenvalue weighted by Gasteiger charge is -2.20. The highest BCUT2D eigenvalue weighted by molar-refractivity contribution is 5.79. The number of hydrogen-bond donors (Lipinski definition) is 3. The van der Waals surface area contributed by atoms with E-state index < -0.39 is 0 Å². The Hall–Kier alpha value is -2.61. The Morgan fingerprint density at radius 3 is 2.59 bits per heavy atom. The van der Waals surface area contributed by atoms with Gasteiger partial charge < -0.3 is 20.3 Å². The number of likely N-dealkylation sites (tertiary alicyclic amines) is 1. The van der Waals surface area contributed by atoms with Crippen molar-refractivity contribution in [1.82, 2.24) is 30.7 Å². The minimum Gasteiger partial charge on any atom is -0.497 e. The fraction of sp³-hybridized carbons (Fsp3) is 0.571. The van der Waals surface area contributed by atoms with Crippen LogP contribution in [0.25, 0.3) is 11.4 Å². The third kappa shape index (κ3) is 6.74. The standard InChI is InChI=1S/C21H33N7O/c1-22-21(23-12-7-15-28-13-5-3-4-6-14-28)24-16-19-25-20(27-26-19)17-8-10-18(29-2)11-9-17/h8-11H,3-7,12-16H2,1-2H3,(H2,22,23,24)(H,25,26,27). The van der Waals surface area contributed by atoms with Crippen LogP contribution in [0.5, 0.6) is 5.75 Å². The molecule has 0 radical (unpaired) electrons. The van der Waals surface area contributed by atoms with Gasteiger partial charge in [-0.3, -0.25) is 10.1 Å². The number of nitrogens with one attached hydrogen (secondary N) is 3. The molecule has 1 aliphatic heterocycles. The zero-order valence-electron chi connectivity index (χ0n) is 17.6. The summed E-state index contributed by atoms with van der Waals surface area (Å²) in [5, 5.41) is 14.0. The van der Waals surface area contributed by atoms with Crippen molar-refractivity contribution < 1.29 is 4.74 Å². The summed E-state index contributed by atoms with van der Waals surface area (Å²) >= 11 is 0. The van der Waals surface area contributed by atoms with Gasteiger partial charge in [0.25, 0.3) is 0 Å². The number of methoxy groups -OCH3 is 1. The lowest BCUT2D eigenvalue weighted by atomic mass is 10.2. The van der Waals surface area contributed by atoms with Gasteiger partial charge in [-0.2, -0.15) is 5.10 Å². The van der Waals surface area contributed by atoms with Gasteiger partial charge in [0.05, 0.1) is 13.7 Å². The summed E-state index contributed by atoms with van der Waals surface area (Å²) < 4.78 is 5.19. The van der Waals surface area contributed by atoms with Gasteiger partial charge in [0.15, 0.2) is 11.8 Å². The van der Waals surface area contributed by atoms with E-state index >= 15 is 0 Å². The molecule has 2 heterocycles. The summed E-state index contributed by atoms with van der Waals surface area (Å²) in [4.78, 5) is 11.4. The summed E-state index contributed by atoms with van der Waals surface area (Å²) in [7, 11) is 3.44. The molecule has 0 saturated carbocycles. The molecular formula is C21H33N7O. The Labute approximate surface area is 173 Å². The fourth-order valence-corrected chi connectivity index (χ4v) is 3.50. The molecular weight excluding hydrogens is 366 g/mol. The maximum absolute atomic E-state index is 5.19. The molecule has 0 bridgehead atoms. The SMILES string of the molecule is CN=C(NCCCN1CCCCCC1)NCc1nc(-c2ccc(OC)cc2)n[nH]1. The van der Waals surface area contributed by atoms with E-state index in [1.165, 1.54) is 38.8 Å². The van der Waals surface area contributed by atoms with E-state index in [4.69, 9.17) is 4.74 Å². The topological polar surface area (TPSA) is 90.5 Å². The first-order valence-corrected chi connectivity index (χ1v) is 10.5. The van der Waals surface area contributed by atoms with Crippen molar-refractivity contribution in [3.8, 4) is 17.1 Å². The van der Waals surface area contributed by atoms with Crippen LogP contribution in [-0.2, 0) is 6.54 Å². The second-order valence-electron chi connectivity index (χ2n) is 7.30. The quantitative estimate of drug-likeness (QED) is 0.359. The summed E-state index contributed by atoms with van der Waals surface area (Å²) in [5.41, 5.74) is 0.948. The maximum Gasteiger partial charge on any atom is 0.191 e. The van der Waals surface area contributed by atoms with Crippen LogP contribution in [0.1, 0.15) is 37.9 Å². The van der Waals surface area contributed by atoms with E-state index in [9.17, 15) is 0 Å². The molecule has 3 N–H and O–H groups in total. The van der Waals surface area contributed by atoms with Crippen LogP contribution in [0.3, 0.4) is 0 Å². The van der Waals surface area contributed by atoms with Crippen molar-refractivity contribution in [3.05, 3.63) is 30.1 Å². The van der Waals surface area contributed by atoms with E-state index in [1.54, 1.807) is 14.2 Å². The number of guanidine groups is 1. The lowest BCUT2D eigenvalue weighted by molar-refractivity contribution is 0.282. The fourth-order valence-electron chi connectivity index (χ4n) is 3.50. The number of aromatic amines is 1. The zero-order chi connectivity index (χ0) is 20.3. The molecule has 1 aromatic carbocycles. The second kappa shape index (κ2) is 11.4. The second-order valence-corrected chi connectivity index (χ2v) is 7.30. The van der Waals surface area contributed by atoms with Crippen LogP contribution in [0.15, 0.2) is 29.3 Å². The number of rotatable bonds is 8. The smallest absolute Gasteiger partial charge is 0.191 e. The first kappa shape index (κ1) is 21.1. The average Bonchev–Trinajstić information content (AvgIpc) is 3.08. The highest BCUT2D eigenvalue weighted by Gasteiger charge is 2.09. The van der Waals surface area contributed by atoms with Crippen LogP contribution in [0.4, 0.5) is 0 Å². The van der Waals surface area contributed by atoms with Gasteiger partial charge in [-0.1, -0.05) is 12.8 Å². The molecule has 1 aliphatic rings. The molecule has 8 heteroatoms. The monoisotopic (exact) mass is 399 g/mol. The van der Waals surface area contributed by atoms with Crippen molar-refractivity contribution >= 4 is 5.96 Å². The molecule has 8 nitrogen and oxygen atoms in total. The van der Waals surface area contributed by atoms with Gasteiger partial charge in [0, 0.05) is 19.2 Å². The average molecular weight is 400 g/mol.